The van der Waals surface area contributed by atoms with E-state index in [1.54, 1.807) is 55.6 Å². The molecular formula is C19H16N2O3. The van der Waals surface area contributed by atoms with Crippen molar-refractivity contribution < 1.29 is 9.59 Å². The number of ketones is 1. The average molecular weight is 320 g/mol. The molecule has 0 aliphatic rings. The van der Waals surface area contributed by atoms with Crippen molar-refractivity contribution >= 4 is 28.3 Å². The van der Waals surface area contributed by atoms with Crippen LogP contribution in [0.25, 0.3) is 10.9 Å². The first-order valence-electron chi connectivity index (χ1n) is 7.49. The van der Waals surface area contributed by atoms with E-state index in [0.717, 1.165) is 0 Å². The minimum atomic E-state index is -0.414. The Morgan fingerprint density at radius 3 is 2.25 bits per heavy atom. The summed E-state index contributed by atoms with van der Waals surface area (Å²) >= 11 is 0. The van der Waals surface area contributed by atoms with Gasteiger partial charge in [-0.2, -0.15) is 0 Å². The Labute approximate surface area is 138 Å². The van der Waals surface area contributed by atoms with Gasteiger partial charge in [-0.1, -0.05) is 48.5 Å². The SMILES string of the molecule is CC(=O)Nc1c(C(=O)c2ccccc2)c2ccccc2n(C)c1=O. The Kier molecular flexibility index (Phi) is 4.00. The van der Waals surface area contributed by atoms with Gasteiger partial charge < -0.3 is 9.88 Å². The van der Waals surface area contributed by atoms with Gasteiger partial charge in [-0.3, -0.25) is 14.4 Å². The van der Waals surface area contributed by atoms with E-state index in [4.69, 9.17) is 0 Å². The van der Waals surface area contributed by atoms with Crippen molar-refractivity contribution in [2.24, 2.45) is 7.05 Å². The fourth-order valence-corrected chi connectivity index (χ4v) is 2.76. The monoisotopic (exact) mass is 320 g/mol. The summed E-state index contributed by atoms with van der Waals surface area (Å²) in [4.78, 5) is 37.3. The molecule has 1 aromatic heterocycles. The molecule has 1 N–H and O–H groups in total. The standard InChI is InChI=1S/C19H16N2O3/c1-12(22)20-17-16(18(23)13-8-4-3-5-9-13)14-10-6-7-11-15(14)21(2)19(17)24/h3-11H,1-2H3,(H,20,22). The fraction of sp³-hybridized carbons (Fsp3) is 0.105. The first-order valence-corrected chi connectivity index (χ1v) is 7.49. The number of rotatable bonds is 3. The van der Waals surface area contributed by atoms with Crippen LogP contribution in [0.3, 0.4) is 0 Å². The van der Waals surface area contributed by atoms with Gasteiger partial charge in [0, 0.05) is 24.9 Å². The molecule has 24 heavy (non-hydrogen) atoms. The highest BCUT2D eigenvalue weighted by Gasteiger charge is 2.22. The van der Waals surface area contributed by atoms with E-state index >= 15 is 0 Å². The Balaban J connectivity index is 2.39. The highest BCUT2D eigenvalue weighted by Crippen LogP contribution is 2.25. The number of aromatic nitrogens is 1. The van der Waals surface area contributed by atoms with Gasteiger partial charge in [0.25, 0.3) is 5.56 Å². The number of amides is 1. The molecule has 5 heteroatoms. The number of hydrogen-bond donors (Lipinski definition) is 1. The smallest absolute Gasteiger partial charge is 0.275 e. The Morgan fingerprint density at radius 2 is 1.58 bits per heavy atom. The van der Waals surface area contributed by atoms with Gasteiger partial charge in [0.05, 0.1) is 11.1 Å². The summed E-state index contributed by atoms with van der Waals surface area (Å²) < 4.78 is 1.43. The van der Waals surface area contributed by atoms with Crippen molar-refractivity contribution in [3.8, 4) is 0 Å². The molecule has 0 bridgehead atoms. The van der Waals surface area contributed by atoms with Gasteiger partial charge in [-0.15, -0.1) is 0 Å². The molecule has 0 atom stereocenters. The zero-order valence-electron chi connectivity index (χ0n) is 13.4. The van der Waals surface area contributed by atoms with E-state index in [9.17, 15) is 14.4 Å². The number of nitrogens with zero attached hydrogens (tertiary/aromatic N) is 1. The van der Waals surface area contributed by atoms with Crippen LogP contribution in [-0.2, 0) is 11.8 Å². The van der Waals surface area contributed by atoms with E-state index in [2.05, 4.69) is 5.32 Å². The molecule has 0 unspecified atom stereocenters. The van der Waals surface area contributed by atoms with Crippen molar-refractivity contribution in [1.82, 2.24) is 4.57 Å². The van der Waals surface area contributed by atoms with Crippen LogP contribution in [0.4, 0.5) is 5.69 Å². The Hall–Kier alpha value is -3.21. The summed E-state index contributed by atoms with van der Waals surface area (Å²) in [6, 6.07) is 15.9. The maximum absolute atomic E-state index is 13.0. The van der Waals surface area contributed by atoms with E-state index < -0.39 is 11.5 Å². The molecule has 0 aliphatic heterocycles. The Morgan fingerprint density at radius 1 is 0.958 bits per heavy atom. The van der Waals surface area contributed by atoms with E-state index in [-0.39, 0.29) is 17.0 Å². The lowest BCUT2D eigenvalue weighted by atomic mass is 9.97. The first-order chi connectivity index (χ1) is 11.5. The number of benzene rings is 2. The lowest BCUT2D eigenvalue weighted by Crippen LogP contribution is -2.27. The Bertz CT molecular complexity index is 1000. The van der Waals surface area contributed by atoms with Crippen LogP contribution in [-0.4, -0.2) is 16.3 Å². The molecule has 0 radical (unpaired) electrons. The number of hydrogen-bond acceptors (Lipinski definition) is 3. The molecule has 5 nitrogen and oxygen atoms in total. The fourth-order valence-electron chi connectivity index (χ4n) is 2.76. The zero-order valence-corrected chi connectivity index (χ0v) is 13.4. The first kappa shape index (κ1) is 15.7. The van der Waals surface area contributed by atoms with Crippen LogP contribution >= 0.6 is 0 Å². The number of para-hydroxylation sites is 1. The minimum Gasteiger partial charge on any atom is -0.321 e. The van der Waals surface area contributed by atoms with Gasteiger partial charge in [0.2, 0.25) is 5.91 Å². The summed E-state index contributed by atoms with van der Waals surface area (Å²) in [6.07, 6.45) is 0. The highest BCUT2D eigenvalue weighted by molar-refractivity contribution is 6.20. The third-order valence-corrected chi connectivity index (χ3v) is 3.87. The number of carbonyl (C=O) groups is 2. The molecule has 2 aromatic carbocycles. The summed E-state index contributed by atoms with van der Waals surface area (Å²) in [6.45, 7) is 1.31. The van der Waals surface area contributed by atoms with Gasteiger partial charge >= 0.3 is 0 Å². The molecule has 3 rings (SSSR count). The number of anilines is 1. The maximum atomic E-state index is 13.0. The average Bonchev–Trinajstić information content (AvgIpc) is 2.59. The van der Waals surface area contributed by atoms with E-state index in [0.29, 0.717) is 16.5 Å². The summed E-state index contributed by atoms with van der Waals surface area (Å²) in [5, 5.41) is 3.15. The van der Waals surface area contributed by atoms with Crippen LogP contribution in [0.1, 0.15) is 22.8 Å². The van der Waals surface area contributed by atoms with E-state index in [1.807, 2.05) is 6.07 Å². The van der Waals surface area contributed by atoms with Crippen LogP contribution in [0.15, 0.2) is 59.4 Å². The third-order valence-electron chi connectivity index (χ3n) is 3.87. The van der Waals surface area contributed by atoms with Crippen LogP contribution in [0.2, 0.25) is 0 Å². The second kappa shape index (κ2) is 6.12. The number of pyridine rings is 1. The second-order valence-corrected chi connectivity index (χ2v) is 5.51. The maximum Gasteiger partial charge on any atom is 0.275 e. The van der Waals surface area contributed by atoms with Gasteiger partial charge in [0.15, 0.2) is 5.78 Å². The van der Waals surface area contributed by atoms with Crippen LogP contribution in [0.5, 0.6) is 0 Å². The van der Waals surface area contributed by atoms with Gasteiger partial charge in [-0.25, -0.2) is 0 Å². The molecule has 0 saturated heterocycles. The number of carbonyl (C=O) groups excluding carboxylic acids is 2. The molecule has 0 spiro atoms. The quantitative estimate of drug-likeness (QED) is 0.755. The summed E-state index contributed by atoms with van der Waals surface area (Å²) in [7, 11) is 1.62. The topological polar surface area (TPSA) is 68.2 Å². The van der Waals surface area contributed by atoms with Crippen molar-refractivity contribution in [2.75, 3.05) is 5.32 Å². The molecule has 0 saturated carbocycles. The molecule has 1 amide bonds. The largest absolute Gasteiger partial charge is 0.321 e. The molecular weight excluding hydrogens is 304 g/mol. The molecule has 0 aliphatic carbocycles. The van der Waals surface area contributed by atoms with Crippen molar-refractivity contribution in [3.63, 3.8) is 0 Å². The van der Waals surface area contributed by atoms with Crippen molar-refractivity contribution in [3.05, 3.63) is 76.1 Å². The van der Waals surface area contributed by atoms with Gasteiger partial charge in [-0.05, 0) is 6.07 Å². The second-order valence-electron chi connectivity index (χ2n) is 5.51. The lowest BCUT2D eigenvalue weighted by molar-refractivity contribution is -0.114. The normalized spacial score (nSPS) is 10.6. The number of fused-ring (bicyclic) bond motifs is 1. The number of aryl methyl sites for hydroxylation is 1. The summed E-state index contributed by atoms with van der Waals surface area (Å²) in [5.74, 6) is -0.697. The predicted octanol–water partition coefficient (Wildman–Crippen LogP) is 2.73. The van der Waals surface area contributed by atoms with Gasteiger partial charge in [0.1, 0.15) is 5.69 Å². The van der Waals surface area contributed by atoms with Crippen molar-refractivity contribution in [1.29, 1.82) is 0 Å². The lowest BCUT2D eigenvalue weighted by Gasteiger charge is -2.15. The minimum absolute atomic E-state index is 0.0116. The molecule has 0 fully saturated rings. The molecule has 3 aromatic rings. The van der Waals surface area contributed by atoms with Crippen molar-refractivity contribution in [2.45, 2.75) is 6.92 Å². The molecule has 120 valence electrons. The summed E-state index contributed by atoms with van der Waals surface area (Å²) in [5.41, 5.74) is 0.911. The number of nitrogens with one attached hydrogen (secondary N) is 1. The van der Waals surface area contributed by atoms with Crippen LogP contribution < -0.4 is 10.9 Å². The van der Waals surface area contributed by atoms with E-state index in [1.165, 1.54) is 11.5 Å². The molecule has 1 heterocycles. The third kappa shape index (κ3) is 2.60. The zero-order chi connectivity index (χ0) is 17.3. The predicted molar refractivity (Wildman–Crippen MR) is 93.4 cm³/mol. The highest BCUT2D eigenvalue weighted by atomic mass is 16.2. The van der Waals surface area contributed by atoms with Crippen LogP contribution in [0, 0.1) is 0 Å².